The first-order valence-corrected chi connectivity index (χ1v) is 12.9. The molecule has 3 aromatic rings. The highest BCUT2D eigenvalue weighted by molar-refractivity contribution is 9.10. The summed E-state index contributed by atoms with van der Waals surface area (Å²) in [7, 11) is 1.68. The number of thiocarbonyl (C=S) groups is 1. The molecule has 1 saturated heterocycles. The summed E-state index contributed by atoms with van der Waals surface area (Å²) in [5.74, 6) is 0.963. The number of nitrogens with zero attached hydrogens (tertiary/aromatic N) is 2. The van der Waals surface area contributed by atoms with Crippen molar-refractivity contribution in [2.45, 2.75) is 56.7 Å². The summed E-state index contributed by atoms with van der Waals surface area (Å²) in [5, 5.41) is 1.84. The molecule has 5 nitrogen and oxygen atoms in total. The number of carbonyl (C=O) groups excluding carboxylic acids is 1. The highest BCUT2D eigenvalue weighted by Crippen LogP contribution is 2.46. The Hall–Kier alpha value is -2.38. The van der Waals surface area contributed by atoms with Crippen LogP contribution in [0.1, 0.15) is 55.0 Å². The molecule has 2 fully saturated rings. The van der Waals surface area contributed by atoms with Crippen LogP contribution in [0.5, 0.6) is 5.75 Å². The number of rotatable bonds is 3. The Morgan fingerprint density at radius 2 is 1.94 bits per heavy atom. The molecule has 1 N–H and O–H groups in total. The second kappa shape index (κ2) is 8.13. The van der Waals surface area contributed by atoms with E-state index in [1.54, 1.807) is 7.11 Å². The van der Waals surface area contributed by atoms with Crippen molar-refractivity contribution in [2.24, 2.45) is 0 Å². The van der Waals surface area contributed by atoms with Gasteiger partial charge >= 0.3 is 0 Å². The summed E-state index contributed by atoms with van der Waals surface area (Å²) in [6.07, 6.45) is 6.32. The number of fused-ring (bicyclic) bond motifs is 4. The third-order valence-electron chi connectivity index (χ3n) is 7.48. The van der Waals surface area contributed by atoms with Gasteiger partial charge < -0.3 is 14.6 Å². The Morgan fingerprint density at radius 1 is 1.12 bits per heavy atom. The van der Waals surface area contributed by atoms with Crippen LogP contribution >= 0.6 is 28.1 Å². The molecule has 2 aliphatic heterocycles. The maximum Gasteiger partial charge on any atom is 0.252 e. The first kappa shape index (κ1) is 21.2. The first-order chi connectivity index (χ1) is 16.1. The summed E-state index contributed by atoms with van der Waals surface area (Å²) >= 11 is 9.67. The minimum absolute atomic E-state index is 0.162. The van der Waals surface area contributed by atoms with E-state index in [1.807, 2.05) is 23.1 Å². The van der Waals surface area contributed by atoms with Crippen LogP contribution in [0.25, 0.3) is 10.9 Å². The fourth-order valence-electron chi connectivity index (χ4n) is 5.95. The number of aromatic amines is 1. The van der Waals surface area contributed by atoms with Crippen molar-refractivity contribution in [3.8, 4) is 5.75 Å². The summed E-state index contributed by atoms with van der Waals surface area (Å²) in [4.78, 5) is 21.7. The van der Waals surface area contributed by atoms with E-state index in [4.69, 9.17) is 17.0 Å². The van der Waals surface area contributed by atoms with Gasteiger partial charge in [-0.2, -0.15) is 0 Å². The van der Waals surface area contributed by atoms with Gasteiger partial charge in [0, 0.05) is 33.5 Å². The Bertz CT molecular complexity index is 1270. The number of ether oxygens (including phenoxy) is 1. The maximum absolute atomic E-state index is 13.8. The molecule has 3 heterocycles. The van der Waals surface area contributed by atoms with Gasteiger partial charge in [-0.25, -0.2) is 0 Å². The van der Waals surface area contributed by atoms with Gasteiger partial charge in [-0.15, -0.1) is 0 Å². The number of halogens is 1. The molecule has 33 heavy (non-hydrogen) atoms. The number of aromatic nitrogens is 1. The number of H-pyrrole nitrogens is 1. The number of carbonyl (C=O) groups is 1. The molecule has 170 valence electrons. The summed E-state index contributed by atoms with van der Waals surface area (Å²) in [5.41, 5.74) is 4.49. The van der Waals surface area contributed by atoms with Crippen LogP contribution < -0.4 is 4.74 Å². The van der Waals surface area contributed by atoms with Crippen molar-refractivity contribution in [3.63, 3.8) is 0 Å². The monoisotopic (exact) mass is 523 g/mol. The Labute approximate surface area is 207 Å². The van der Waals surface area contributed by atoms with Crippen molar-refractivity contribution < 1.29 is 9.53 Å². The van der Waals surface area contributed by atoms with Gasteiger partial charge in [0.1, 0.15) is 11.8 Å². The molecule has 0 bridgehead atoms. The van der Waals surface area contributed by atoms with E-state index in [9.17, 15) is 4.79 Å². The van der Waals surface area contributed by atoms with Gasteiger partial charge in [0.2, 0.25) is 0 Å². The zero-order valence-corrected chi connectivity index (χ0v) is 20.9. The fraction of sp³-hybridized carbons (Fsp3) is 0.385. The molecular formula is C26H26BrN3O2S. The summed E-state index contributed by atoms with van der Waals surface area (Å²) < 4.78 is 6.58. The number of hydrogen-bond acceptors (Lipinski definition) is 3. The molecule has 6 rings (SSSR count). The van der Waals surface area contributed by atoms with Crippen LogP contribution in [0.15, 0.2) is 46.9 Å². The van der Waals surface area contributed by atoms with Crippen LogP contribution in [0.4, 0.5) is 0 Å². The predicted octanol–water partition coefficient (Wildman–Crippen LogP) is 5.71. The predicted molar refractivity (Wildman–Crippen MR) is 136 cm³/mol. The second-order valence-corrected chi connectivity index (χ2v) is 10.6. The van der Waals surface area contributed by atoms with Gasteiger partial charge in [-0.1, -0.05) is 47.3 Å². The van der Waals surface area contributed by atoms with Gasteiger partial charge in [0.15, 0.2) is 5.11 Å². The Kier molecular flexibility index (Phi) is 5.22. The van der Waals surface area contributed by atoms with Gasteiger partial charge in [-0.05, 0) is 66.5 Å². The summed E-state index contributed by atoms with van der Waals surface area (Å²) in [6, 6.07) is 14.2. The Morgan fingerprint density at radius 3 is 2.73 bits per heavy atom. The Balaban J connectivity index is 1.52. The fourth-order valence-corrected chi connectivity index (χ4v) is 6.78. The lowest BCUT2D eigenvalue weighted by molar-refractivity contribution is -0.130. The molecule has 1 aliphatic carbocycles. The molecule has 3 aliphatic rings. The van der Waals surface area contributed by atoms with E-state index in [-0.39, 0.29) is 24.0 Å². The second-order valence-electron chi connectivity index (χ2n) is 9.30. The summed E-state index contributed by atoms with van der Waals surface area (Å²) in [6.45, 7) is 0. The normalized spacial score (nSPS) is 23.2. The average molecular weight is 524 g/mol. The molecule has 1 saturated carbocycles. The van der Waals surface area contributed by atoms with E-state index >= 15 is 0 Å². The van der Waals surface area contributed by atoms with E-state index < -0.39 is 0 Å². The minimum Gasteiger partial charge on any atom is -0.497 e. The lowest BCUT2D eigenvalue weighted by atomic mass is 9.88. The highest BCUT2D eigenvalue weighted by Gasteiger charge is 2.52. The molecule has 0 spiro atoms. The molecule has 0 radical (unpaired) electrons. The van der Waals surface area contributed by atoms with Crippen LogP contribution in [0, 0.1) is 0 Å². The highest BCUT2D eigenvalue weighted by atomic mass is 79.9. The van der Waals surface area contributed by atoms with Crippen LogP contribution in [0.2, 0.25) is 0 Å². The number of nitrogens with one attached hydrogen (secondary N) is 1. The van der Waals surface area contributed by atoms with Gasteiger partial charge in [0.25, 0.3) is 5.91 Å². The lowest BCUT2D eigenvalue weighted by Crippen LogP contribution is -2.44. The number of amides is 1. The van der Waals surface area contributed by atoms with Crippen LogP contribution in [-0.4, -0.2) is 45.0 Å². The third-order valence-corrected chi connectivity index (χ3v) is 8.39. The van der Waals surface area contributed by atoms with Crippen LogP contribution in [0.3, 0.4) is 0 Å². The van der Waals surface area contributed by atoms with Crippen molar-refractivity contribution in [1.82, 2.24) is 14.8 Å². The van der Waals surface area contributed by atoms with Crippen molar-refractivity contribution >= 4 is 50.1 Å². The van der Waals surface area contributed by atoms with Crippen molar-refractivity contribution in [3.05, 3.63) is 63.8 Å². The molecule has 1 aromatic heterocycles. The zero-order valence-electron chi connectivity index (χ0n) is 18.5. The molecule has 2 aromatic carbocycles. The number of hydrogen-bond donors (Lipinski definition) is 1. The smallest absolute Gasteiger partial charge is 0.252 e. The number of benzene rings is 2. The lowest BCUT2D eigenvalue weighted by Gasteiger charge is -2.38. The van der Waals surface area contributed by atoms with E-state index in [0.29, 0.717) is 11.5 Å². The zero-order chi connectivity index (χ0) is 22.7. The first-order valence-electron chi connectivity index (χ1n) is 11.7. The SMILES string of the molecule is COc1cccc(C2c3[nH]c4ccc(Br)cc4c3CC3C(=O)N(C4CCCCC4)C(=S)N32)c1. The van der Waals surface area contributed by atoms with Crippen LogP contribution in [-0.2, 0) is 11.2 Å². The molecule has 7 heteroatoms. The number of methoxy groups -OCH3 is 1. The topological polar surface area (TPSA) is 48.6 Å². The largest absolute Gasteiger partial charge is 0.497 e. The van der Waals surface area contributed by atoms with Crippen molar-refractivity contribution in [1.29, 1.82) is 0 Å². The molecular weight excluding hydrogens is 498 g/mol. The maximum atomic E-state index is 13.8. The van der Waals surface area contributed by atoms with Crippen molar-refractivity contribution in [2.75, 3.05) is 7.11 Å². The van der Waals surface area contributed by atoms with E-state index in [2.05, 4.69) is 50.1 Å². The van der Waals surface area contributed by atoms with Gasteiger partial charge in [-0.3, -0.25) is 9.69 Å². The minimum atomic E-state index is -0.277. The standard InChI is InChI=1S/C26H26BrN3O2S/c1-32-18-9-5-6-15(12-18)24-23-20(19-13-16(27)10-11-21(19)28-23)14-22-25(31)29(26(33)30(22)24)17-7-3-2-4-8-17/h5-6,9-13,17,22,24,28H,2-4,7-8,14H2,1H3. The van der Waals surface area contributed by atoms with E-state index in [1.165, 1.54) is 30.2 Å². The van der Waals surface area contributed by atoms with E-state index in [0.717, 1.165) is 39.8 Å². The van der Waals surface area contributed by atoms with Gasteiger partial charge in [0.05, 0.1) is 13.2 Å². The quantitative estimate of drug-likeness (QED) is 0.446. The average Bonchev–Trinajstić information content (AvgIpc) is 3.32. The molecule has 2 unspecified atom stereocenters. The third kappa shape index (κ3) is 3.31. The molecule has 2 atom stereocenters. The molecule has 1 amide bonds.